The monoisotopic (exact) mass is 394 g/mol. The van der Waals surface area contributed by atoms with Gasteiger partial charge in [0.1, 0.15) is 11.3 Å². The van der Waals surface area contributed by atoms with Crippen LogP contribution in [0.2, 0.25) is 0 Å². The molecule has 1 aliphatic heterocycles. The standard InChI is InChI=1S/C20H26N8O/c1-2-18(29)21-14-7-10-27(11-8-14)20-23-19(16-4-3-9-28(16)26-20)22-17-12-15(24-25-17)13-5-6-13/h3-4,9,12-14H,2,5-8,10-11H2,1H3,(H,21,29)(H2,22,23,24,25,26). The Balaban J connectivity index is 1.34. The summed E-state index contributed by atoms with van der Waals surface area (Å²) >= 11 is 0. The van der Waals surface area contributed by atoms with E-state index in [0.717, 1.165) is 48.8 Å². The van der Waals surface area contributed by atoms with E-state index >= 15 is 0 Å². The molecule has 0 bridgehead atoms. The molecule has 0 radical (unpaired) electrons. The molecule has 2 aliphatic rings. The number of fused-ring (bicyclic) bond motifs is 1. The van der Waals surface area contributed by atoms with Crippen molar-refractivity contribution in [1.29, 1.82) is 0 Å². The molecule has 2 fully saturated rings. The molecule has 0 atom stereocenters. The Hall–Kier alpha value is -3.10. The molecule has 29 heavy (non-hydrogen) atoms. The van der Waals surface area contributed by atoms with Crippen LogP contribution in [0.4, 0.5) is 17.6 Å². The van der Waals surface area contributed by atoms with E-state index in [1.165, 1.54) is 12.8 Å². The van der Waals surface area contributed by atoms with Crippen LogP contribution in [0.5, 0.6) is 0 Å². The Morgan fingerprint density at radius 1 is 1.28 bits per heavy atom. The molecule has 1 saturated heterocycles. The second-order valence-electron chi connectivity index (χ2n) is 7.89. The third-order valence-corrected chi connectivity index (χ3v) is 5.69. The fourth-order valence-corrected chi connectivity index (χ4v) is 3.82. The molecule has 152 valence electrons. The Morgan fingerprint density at radius 3 is 2.86 bits per heavy atom. The smallest absolute Gasteiger partial charge is 0.245 e. The second-order valence-corrected chi connectivity index (χ2v) is 7.89. The van der Waals surface area contributed by atoms with Crippen molar-refractivity contribution in [2.75, 3.05) is 23.3 Å². The van der Waals surface area contributed by atoms with Crippen LogP contribution < -0.4 is 15.5 Å². The summed E-state index contributed by atoms with van der Waals surface area (Å²) in [5.41, 5.74) is 2.03. The molecule has 3 aromatic rings. The van der Waals surface area contributed by atoms with Crippen molar-refractivity contribution < 1.29 is 4.79 Å². The van der Waals surface area contributed by atoms with Gasteiger partial charge in [0.05, 0.1) is 5.69 Å². The van der Waals surface area contributed by atoms with E-state index in [1.54, 1.807) is 0 Å². The van der Waals surface area contributed by atoms with Gasteiger partial charge in [-0.3, -0.25) is 9.89 Å². The van der Waals surface area contributed by atoms with Crippen molar-refractivity contribution in [3.63, 3.8) is 0 Å². The van der Waals surface area contributed by atoms with E-state index in [1.807, 2.05) is 29.8 Å². The molecule has 0 unspecified atom stereocenters. The van der Waals surface area contributed by atoms with Crippen molar-refractivity contribution >= 4 is 29.0 Å². The molecule has 4 heterocycles. The number of anilines is 3. The molecular weight excluding hydrogens is 368 g/mol. The fourth-order valence-electron chi connectivity index (χ4n) is 3.82. The zero-order chi connectivity index (χ0) is 19.8. The average molecular weight is 394 g/mol. The van der Waals surface area contributed by atoms with Crippen LogP contribution in [0.25, 0.3) is 5.52 Å². The lowest BCUT2D eigenvalue weighted by Crippen LogP contribution is -2.45. The first kappa shape index (κ1) is 18.0. The van der Waals surface area contributed by atoms with Crippen molar-refractivity contribution in [3.8, 4) is 0 Å². The van der Waals surface area contributed by atoms with E-state index in [-0.39, 0.29) is 11.9 Å². The SMILES string of the molecule is CCC(=O)NC1CCN(c2nc(Nc3cc(C4CC4)n[nH]3)c3cccn3n2)CC1. The minimum atomic E-state index is 0.116. The lowest BCUT2D eigenvalue weighted by molar-refractivity contribution is -0.121. The highest BCUT2D eigenvalue weighted by molar-refractivity contribution is 5.76. The summed E-state index contributed by atoms with van der Waals surface area (Å²) in [4.78, 5) is 18.6. The lowest BCUT2D eigenvalue weighted by atomic mass is 10.1. The van der Waals surface area contributed by atoms with E-state index in [2.05, 4.69) is 36.9 Å². The van der Waals surface area contributed by atoms with Gasteiger partial charge in [-0.1, -0.05) is 6.92 Å². The number of hydrogen-bond acceptors (Lipinski definition) is 6. The first-order valence-electron chi connectivity index (χ1n) is 10.4. The van der Waals surface area contributed by atoms with E-state index in [9.17, 15) is 4.79 Å². The molecule has 3 aromatic heterocycles. The Labute approximate surface area is 168 Å². The van der Waals surface area contributed by atoms with Crippen LogP contribution in [-0.2, 0) is 4.79 Å². The summed E-state index contributed by atoms with van der Waals surface area (Å²) < 4.78 is 1.85. The number of aromatic amines is 1. The summed E-state index contributed by atoms with van der Waals surface area (Å²) in [6.45, 7) is 3.51. The Bertz CT molecular complexity index is 1010. The number of aromatic nitrogens is 5. The third-order valence-electron chi connectivity index (χ3n) is 5.69. The molecule has 9 nitrogen and oxygen atoms in total. The van der Waals surface area contributed by atoms with Gasteiger partial charge in [-0.25, -0.2) is 4.52 Å². The molecule has 1 saturated carbocycles. The molecule has 1 amide bonds. The number of hydrogen-bond donors (Lipinski definition) is 3. The Kier molecular flexibility index (Phi) is 4.57. The maximum atomic E-state index is 11.6. The number of H-pyrrole nitrogens is 1. The number of carbonyl (C=O) groups is 1. The minimum absolute atomic E-state index is 0.116. The van der Waals surface area contributed by atoms with E-state index in [4.69, 9.17) is 4.98 Å². The summed E-state index contributed by atoms with van der Waals surface area (Å²) in [5, 5.41) is 18.6. The molecule has 1 aliphatic carbocycles. The largest absolute Gasteiger partial charge is 0.353 e. The van der Waals surface area contributed by atoms with Gasteiger partial charge in [0.2, 0.25) is 11.9 Å². The molecule has 0 aromatic carbocycles. The van der Waals surface area contributed by atoms with E-state index < -0.39 is 0 Å². The number of nitrogens with zero attached hydrogens (tertiary/aromatic N) is 5. The maximum Gasteiger partial charge on any atom is 0.245 e. The Morgan fingerprint density at radius 2 is 2.10 bits per heavy atom. The number of piperidine rings is 1. The van der Waals surface area contributed by atoms with Crippen molar-refractivity contribution in [3.05, 3.63) is 30.1 Å². The van der Waals surface area contributed by atoms with Gasteiger partial charge < -0.3 is 15.5 Å². The van der Waals surface area contributed by atoms with Crippen LogP contribution in [0.1, 0.15) is 50.6 Å². The summed E-state index contributed by atoms with van der Waals surface area (Å²) in [6.07, 6.45) is 6.69. The third kappa shape index (κ3) is 3.76. The van der Waals surface area contributed by atoms with Gasteiger partial charge in [-0.15, -0.1) is 5.10 Å². The van der Waals surface area contributed by atoms with E-state index in [0.29, 0.717) is 18.3 Å². The van der Waals surface area contributed by atoms with Crippen LogP contribution in [0.3, 0.4) is 0 Å². The summed E-state index contributed by atoms with van der Waals surface area (Å²) in [7, 11) is 0. The second kappa shape index (κ2) is 7.38. The predicted octanol–water partition coefficient (Wildman–Crippen LogP) is 2.57. The average Bonchev–Trinajstić information content (AvgIpc) is 3.29. The molecular formula is C20H26N8O. The van der Waals surface area contributed by atoms with Crippen molar-refractivity contribution in [2.45, 2.75) is 51.0 Å². The van der Waals surface area contributed by atoms with Gasteiger partial charge in [-0.05, 0) is 37.8 Å². The normalized spacial score (nSPS) is 17.6. The number of nitrogens with one attached hydrogen (secondary N) is 3. The van der Waals surface area contributed by atoms with Crippen LogP contribution in [-0.4, -0.2) is 49.8 Å². The van der Waals surface area contributed by atoms with Gasteiger partial charge in [0.25, 0.3) is 0 Å². The number of amides is 1. The van der Waals surface area contributed by atoms with Crippen LogP contribution in [0, 0.1) is 0 Å². The zero-order valence-electron chi connectivity index (χ0n) is 16.6. The van der Waals surface area contributed by atoms with Gasteiger partial charge in [0.15, 0.2) is 5.82 Å². The highest BCUT2D eigenvalue weighted by Gasteiger charge is 2.26. The van der Waals surface area contributed by atoms with Gasteiger partial charge >= 0.3 is 0 Å². The highest BCUT2D eigenvalue weighted by Crippen LogP contribution is 2.39. The molecule has 9 heteroatoms. The van der Waals surface area contributed by atoms with Crippen molar-refractivity contribution in [1.82, 2.24) is 30.1 Å². The zero-order valence-corrected chi connectivity index (χ0v) is 16.6. The first-order chi connectivity index (χ1) is 14.2. The van der Waals surface area contributed by atoms with Gasteiger partial charge in [-0.2, -0.15) is 10.1 Å². The van der Waals surface area contributed by atoms with Crippen LogP contribution in [0.15, 0.2) is 24.4 Å². The molecule has 0 spiro atoms. The molecule has 3 N–H and O–H groups in total. The highest BCUT2D eigenvalue weighted by atomic mass is 16.1. The van der Waals surface area contributed by atoms with Gasteiger partial charge in [0, 0.05) is 43.7 Å². The first-order valence-corrected chi connectivity index (χ1v) is 10.4. The summed E-state index contributed by atoms with van der Waals surface area (Å²) in [5.74, 6) is 3.02. The predicted molar refractivity (Wildman–Crippen MR) is 111 cm³/mol. The topological polar surface area (TPSA) is 103 Å². The lowest BCUT2D eigenvalue weighted by Gasteiger charge is -2.32. The quantitative estimate of drug-likeness (QED) is 0.594. The maximum absolute atomic E-state index is 11.6. The van der Waals surface area contributed by atoms with Crippen LogP contribution >= 0.6 is 0 Å². The minimum Gasteiger partial charge on any atom is -0.353 e. The van der Waals surface area contributed by atoms with Crippen molar-refractivity contribution in [2.24, 2.45) is 0 Å². The number of carbonyl (C=O) groups excluding carboxylic acids is 1. The summed E-state index contributed by atoms with van der Waals surface area (Å²) in [6, 6.07) is 6.27. The molecule has 5 rings (SSSR count). The fraction of sp³-hybridized carbons (Fsp3) is 0.500. The number of rotatable bonds is 6.